The molecule has 1 N–H and O–H groups in total. The van der Waals surface area contributed by atoms with E-state index in [1.807, 2.05) is 18.2 Å². The van der Waals surface area contributed by atoms with E-state index in [0.29, 0.717) is 11.1 Å². The maximum absolute atomic E-state index is 6.26. The van der Waals surface area contributed by atoms with E-state index >= 15 is 0 Å². The average molecular weight is 301 g/mol. The molecule has 0 radical (unpaired) electrons. The summed E-state index contributed by atoms with van der Waals surface area (Å²) in [5.41, 5.74) is 1.13. The van der Waals surface area contributed by atoms with Crippen LogP contribution in [0.25, 0.3) is 0 Å². The lowest BCUT2D eigenvalue weighted by Crippen LogP contribution is -2.43. The van der Waals surface area contributed by atoms with Gasteiger partial charge in [0.05, 0.1) is 0 Å². The zero-order valence-electron chi connectivity index (χ0n) is 11.6. The van der Waals surface area contributed by atoms with E-state index < -0.39 is 0 Å². The van der Waals surface area contributed by atoms with Crippen LogP contribution in [0.15, 0.2) is 18.2 Å². The SMILES string of the molecule is CCN1CCC(NC(C)c2ccc(Cl)cc2Cl)CC1. The molecule has 1 aliphatic heterocycles. The van der Waals surface area contributed by atoms with Crippen LogP contribution in [0.1, 0.15) is 38.3 Å². The monoisotopic (exact) mass is 300 g/mol. The van der Waals surface area contributed by atoms with Gasteiger partial charge in [0.25, 0.3) is 0 Å². The van der Waals surface area contributed by atoms with Crippen molar-refractivity contribution in [1.29, 1.82) is 0 Å². The number of likely N-dealkylation sites (tertiary alicyclic amines) is 1. The molecular formula is C15H22Cl2N2. The van der Waals surface area contributed by atoms with Crippen LogP contribution in [-0.2, 0) is 0 Å². The van der Waals surface area contributed by atoms with Gasteiger partial charge in [-0.1, -0.05) is 36.2 Å². The molecule has 0 spiro atoms. The number of nitrogens with one attached hydrogen (secondary N) is 1. The Kier molecular flexibility index (Phi) is 5.52. The van der Waals surface area contributed by atoms with Crippen LogP contribution >= 0.6 is 23.2 Å². The summed E-state index contributed by atoms with van der Waals surface area (Å²) < 4.78 is 0. The minimum absolute atomic E-state index is 0.267. The number of rotatable bonds is 4. The standard InChI is InChI=1S/C15H22Cl2N2/c1-3-19-8-6-13(7-9-19)18-11(2)14-5-4-12(16)10-15(14)17/h4-5,10-11,13,18H,3,6-9H2,1-2H3. The zero-order chi connectivity index (χ0) is 13.8. The van der Waals surface area contributed by atoms with Crippen molar-refractivity contribution in [1.82, 2.24) is 10.2 Å². The minimum Gasteiger partial charge on any atom is -0.307 e. The Labute approximate surface area is 126 Å². The van der Waals surface area contributed by atoms with Crippen LogP contribution in [0.2, 0.25) is 10.0 Å². The molecule has 1 saturated heterocycles. The van der Waals surface area contributed by atoms with Crippen LogP contribution in [0.3, 0.4) is 0 Å². The van der Waals surface area contributed by atoms with E-state index in [1.165, 1.54) is 25.9 Å². The van der Waals surface area contributed by atoms with Crippen molar-refractivity contribution >= 4 is 23.2 Å². The Morgan fingerprint density at radius 3 is 2.58 bits per heavy atom. The third kappa shape index (κ3) is 4.09. The van der Waals surface area contributed by atoms with Gasteiger partial charge in [0.15, 0.2) is 0 Å². The highest BCUT2D eigenvalue weighted by Gasteiger charge is 2.20. The lowest BCUT2D eigenvalue weighted by Gasteiger charge is -2.33. The van der Waals surface area contributed by atoms with Crippen molar-refractivity contribution < 1.29 is 0 Å². The highest BCUT2D eigenvalue weighted by atomic mass is 35.5. The molecule has 2 nitrogen and oxygen atoms in total. The topological polar surface area (TPSA) is 15.3 Å². The van der Waals surface area contributed by atoms with Crippen molar-refractivity contribution in [3.05, 3.63) is 33.8 Å². The highest BCUT2D eigenvalue weighted by Crippen LogP contribution is 2.27. The molecule has 1 aromatic rings. The Bertz CT molecular complexity index is 415. The molecule has 106 valence electrons. The van der Waals surface area contributed by atoms with E-state index in [2.05, 4.69) is 24.1 Å². The van der Waals surface area contributed by atoms with E-state index in [-0.39, 0.29) is 6.04 Å². The molecule has 0 aliphatic carbocycles. The second kappa shape index (κ2) is 6.94. The number of piperidine rings is 1. The molecular weight excluding hydrogens is 279 g/mol. The highest BCUT2D eigenvalue weighted by molar-refractivity contribution is 6.35. The summed E-state index contributed by atoms with van der Waals surface area (Å²) in [6.07, 6.45) is 2.42. The molecule has 0 bridgehead atoms. The number of hydrogen-bond acceptors (Lipinski definition) is 2. The minimum atomic E-state index is 0.267. The first-order chi connectivity index (χ1) is 9.10. The molecule has 0 aromatic heterocycles. The van der Waals surface area contributed by atoms with Gasteiger partial charge in [0.1, 0.15) is 0 Å². The fraction of sp³-hybridized carbons (Fsp3) is 0.600. The van der Waals surface area contributed by atoms with Gasteiger partial charge >= 0.3 is 0 Å². The summed E-state index contributed by atoms with van der Waals surface area (Å²) >= 11 is 12.2. The molecule has 4 heteroatoms. The predicted octanol–water partition coefficient (Wildman–Crippen LogP) is 4.13. The molecule has 1 fully saturated rings. The number of nitrogens with zero attached hydrogens (tertiary/aromatic N) is 1. The maximum Gasteiger partial charge on any atom is 0.0468 e. The van der Waals surface area contributed by atoms with Gasteiger partial charge in [0, 0.05) is 22.1 Å². The van der Waals surface area contributed by atoms with Crippen LogP contribution in [0.4, 0.5) is 0 Å². The Morgan fingerprint density at radius 2 is 2.00 bits per heavy atom. The van der Waals surface area contributed by atoms with Gasteiger partial charge in [-0.05, 0) is 57.1 Å². The molecule has 1 atom stereocenters. The largest absolute Gasteiger partial charge is 0.307 e. The van der Waals surface area contributed by atoms with Crippen molar-refractivity contribution in [3.63, 3.8) is 0 Å². The molecule has 0 saturated carbocycles. The normalized spacial score (nSPS) is 19.6. The van der Waals surface area contributed by atoms with Crippen molar-refractivity contribution in [2.75, 3.05) is 19.6 Å². The number of hydrogen-bond donors (Lipinski definition) is 1. The third-order valence-corrected chi connectivity index (χ3v) is 4.51. The Balaban J connectivity index is 1.92. The van der Waals surface area contributed by atoms with Gasteiger partial charge in [0.2, 0.25) is 0 Å². The molecule has 2 rings (SSSR count). The van der Waals surface area contributed by atoms with Gasteiger partial charge in [-0.25, -0.2) is 0 Å². The number of halogens is 2. The second-order valence-electron chi connectivity index (χ2n) is 5.26. The van der Waals surface area contributed by atoms with Gasteiger partial charge in [-0.15, -0.1) is 0 Å². The van der Waals surface area contributed by atoms with Gasteiger partial charge in [-0.2, -0.15) is 0 Å². The third-order valence-electron chi connectivity index (χ3n) is 3.95. The summed E-state index contributed by atoms with van der Waals surface area (Å²) in [7, 11) is 0. The summed E-state index contributed by atoms with van der Waals surface area (Å²) in [5, 5.41) is 5.13. The van der Waals surface area contributed by atoms with E-state index in [4.69, 9.17) is 23.2 Å². The molecule has 1 aliphatic rings. The Hall–Kier alpha value is -0.280. The first-order valence-electron chi connectivity index (χ1n) is 7.03. The fourth-order valence-corrected chi connectivity index (χ4v) is 3.28. The Morgan fingerprint density at radius 1 is 1.32 bits per heavy atom. The molecule has 1 heterocycles. The quantitative estimate of drug-likeness (QED) is 0.899. The van der Waals surface area contributed by atoms with Crippen molar-refractivity contribution in [2.45, 2.75) is 38.8 Å². The number of benzene rings is 1. The van der Waals surface area contributed by atoms with Crippen LogP contribution in [0.5, 0.6) is 0 Å². The van der Waals surface area contributed by atoms with Crippen LogP contribution in [-0.4, -0.2) is 30.6 Å². The van der Waals surface area contributed by atoms with Crippen molar-refractivity contribution in [2.24, 2.45) is 0 Å². The first-order valence-corrected chi connectivity index (χ1v) is 7.79. The molecule has 1 unspecified atom stereocenters. The average Bonchev–Trinajstić information content (AvgIpc) is 2.39. The van der Waals surface area contributed by atoms with E-state index in [9.17, 15) is 0 Å². The molecule has 0 amide bonds. The zero-order valence-corrected chi connectivity index (χ0v) is 13.1. The predicted molar refractivity (Wildman–Crippen MR) is 83.1 cm³/mol. The lowest BCUT2D eigenvalue weighted by molar-refractivity contribution is 0.200. The first kappa shape index (κ1) is 15.1. The second-order valence-corrected chi connectivity index (χ2v) is 6.11. The lowest BCUT2D eigenvalue weighted by atomic mass is 10.0. The van der Waals surface area contributed by atoms with Crippen molar-refractivity contribution in [3.8, 4) is 0 Å². The summed E-state index contributed by atoms with van der Waals surface area (Å²) in [4.78, 5) is 2.50. The van der Waals surface area contributed by atoms with Crippen LogP contribution < -0.4 is 5.32 Å². The fourth-order valence-electron chi connectivity index (χ4n) is 2.71. The smallest absolute Gasteiger partial charge is 0.0468 e. The van der Waals surface area contributed by atoms with E-state index in [0.717, 1.165) is 17.1 Å². The molecule has 1 aromatic carbocycles. The van der Waals surface area contributed by atoms with E-state index in [1.54, 1.807) is 0 Å². The van der Waals surface area contributed by atoms with Crippen LogP contribution in [0, 0.1) is 0 Å². The molecule has 19 heavy (non-hydrogen) atoms. The summed E-state index contributed by atoms with van der Waals surface area (Å²) in [6.45, 7) is 7.93. The summed E-state index contributed by atoms with van der Waals surface area (Å²) in [6, 6.07) is 6.59. The van der Waals surface area contributed by atoms with Gasteiger partial charge in [-0.3, -0.25) is 0 Å². The van der Waals surface area contributed by atoms with Gasteiger partial charge < -0.3 is 10.2 Å². The maximum atomic E-state index is 6.26. The summed E-state index contributed by atoms with van der Waals surface area (Å²) in [5.74, 6) is 0.